The average Bonchev–Trinajstić information content (AvgIpc) is 3.43. The van der Waals surface area contributed by atoms with Crippen LogP contribution in [0.3, 0.4) is 0 Å². The van der Waals surface area contributed by atoms with Crippen molar-refractivity contribution < 1.29 is 4.79 Å². The Labute approximate surface area is 215 Å². The lowest BCUT2D eigenvalue weighted by Crippen LogP contribution is -2.56. The van der Waals surface area contributed by atoms with Crippen molar-refractivity contribution >= 4 is 23.2 Å². The molecule has 36 heavy (non-hydrogen) atoms. The molecule has 0 bridgehead atoms. The first kappa shape index (κ1) is 22.5. The molecule has 0 radical (unpaired) electrons. The summed E-state index contributed by atoms with van der Waals surface area (Å²) >= 11 is 6.43. The van der Waals surface area contributed by atoms with Crippen molar-refractivity contribution in [3.63, 3.8) is 0 Å². The number of likely N-dealkylation sites (tertiary alicyclic amines) is 1. The maximum Gasteiger partial charge on any atom is 0.253 e. The lowest BCUT2D eigenvalue weighted by Gasteiger charge is -2.53. The van der Waals surface area contributed by atoms with Crippen molar-refractivity contribution in [2.75, 3.05) is 18.0 Å². The summed E-state index contributed by atoms with van der Waals surface area (Å²) in [7, 11) is 0. The molecule has 1 fully saturated rings. The number of carbonyl (C=O) groups is 1. The Morgan fingerprint density at radius 3 is 2.39 bits per heavy atom. The summed E-state index contributed by atoms with van der Waals surface area (Å²) in [6.45, 7) is 2.07. The SMILES string of the molecule is N#Cc1ccc(C(=O)N2CCC3(CC2)c2cccn2-c2cc(Cl)ccc2N3Cc2ccccc2)cc1. The molecule has 1 saturated heterocycles. The fourth-order valence-electron chi connectivity index (χ4n) is 5.74. The molecule has 0 N–H and O–H groups in total. The largest absolute Gasteiger partial charge is 0.354 e. The number of piperidine rings is 1. The van der Waals surface area contributed by atoms with Crippen molar-refractivity contribution in [1.29, 1.82) is 5.26 Å². The molecule has 0 aliphatic carbocycles. The zero-order valence-electron chi connectivity index (χ0n) is 19.8. The molecule has 0 saturated carbocycles. The van der Waals surface area contributed by atoms with Gasteiger partial charge in [0.05, 0.1) is 28.5 Å². The number of rotatable bonds is 3. The first-order valence-electron chi connectivity index (χ1n) is 12.2. The molecular weight excluding hydrogens is 468 g/mol. The molecule has 3 heterocycles. The summed E-state index contributed by atoms with van der Waals surface area (Å²) < 4.78 is 2.26. The third kappa shape index (κ3) is 3.66. The number of hydrogen-bond acceptors (Lipinski definition) is 3. The number of carbonyl (C=O) groups excluding carboxylic acids is 1. The van der Waals surface area contributed by atoms with E-state index in [4.69, 9.17) is 16.9 Å². The van der Waals surface area contributed by atoms with Gasteiger partial charge in [-0.05, 0) is 73.0 Å². The zero-order valence-corrected chi connectivity index (χ0v) is 20.5. The van der Waals surface area contributed by atoms with Crippen LogP contribution in [0.25, 0.3) is 5.69 Å². The normalized spacial score (nSPS) is 15.8. The smallest absolute Gasteiger partial charge is 0.253 e. The monoisotopic (exact) mass is 492 g/mol. The van der Waals surface area contributed by atoms with Gasteiger partial charge in [0.25, 0.3) is 5.91 Å². The van der Waals surface area contributed by atoms with E-state index in [9.17, 15) is 4.79 Å². The lowest BCUT2D eigenvalue weighted by molar-refractivity contribution is 0.0654. The van der Waals surface area contributed by atoms with Crippen molar-refractivity contribution in [3.8, 4) is 11.8 Å². The molecule has 6 heteroatoms. The molecule has 2 aliphatic heterocycles. The molecule has 0 unspecified atom stereocenters. The number of halogens is 1. The van der Waals surface area contributed by atoms with Crippen LogP contribution in [0.4, 0.5) is 5.69 Å². The molecule has 1 amide bonds. The molecule has 1 aromatic heterocycles. The van der Waals surface area contributed by atoms with Gasteiger partial charge in [-0.3, -0.25) is 4.79 Å². The third-order valence-corrected chi connectivity index (χ3v) is 7.79. The Kier molecular flexibility index (Phi) is 5.55. The molecule has 3 aromatic carbocycles. The van der Waals surface area contributed by atoms with Gasteiger partial charge in [-0.2, -0.15) is 5.26 Å². The highest BCUT2D eigenvalue weighted by molar-refractivity contribution is 6.30. The number of benzene rings is 3. The maximum absolute atomic E-state index is 13.3. The Morgan fingerprint density at radius 1 is 0.917 bits per heavy atom. The summed E-state index contributed by atoms with van der Waals surface area (Å²) in [4.78, 5) is 17.7. The van der Waals surface area contributed by atoms with Crippen LogP contribution in [-0.2, 0) is 12.1 Å². The second kappa shape index (κ2) is 8.89. The first-order valence-corrected chi connectivity index (χ1v) is 12.6. The number of aromatic nitrogens is 1. The van der Waals surface area contributed by atoms with E-state index in [1.807, 2.05) is 23.1 Å². The number of nitriles is 1. The van der Waals surface area contributed by atoms with Crippen LogP contribution in [0.15, 0.2) is 91.1 Å². The minimum absolute atomic E-state index is 0.0160. The van der Waals surface area contributed by atoms with Gasteiger partial charge in [0.15, 0.2) is 0 Å². The Bertz CT molecular complexity index is 1460. The predicted molar refractivity (Wildman–Crippen MR) is 141 cm³/mol. The molecule has 6 rings (SSSR count). The van der Waals surface area contributed by atoms with E-state index in [-0.39, 0.29) is 11.4 Å². The second-order valence-electron chi connectivity index (χ2n) is 9.48. The second-order valence-corrected chi connectivity index (χ2v) is 9.92. The van der Waals surface area contributed by atoms with Gasteiger partial charge >= 0.3 is 0 Å². The van der Waals surface area contributed by atoms with Crippen molar-refractivity contribution in [2.24, 2.45) is 0 Å². The van der Waals surface area contributed by atoms with E-state index in [0.29, 0.717) is 29.2 Å². The van der Waals surface area contributed by atoms with E-state index in [2.05, 4.69) is 64.2 Å². The fraction of sp³-hybridized carbons (Fsp3) is 0.200. The minimum Gasteiger partial charge on any atom is -0.354 e. The van der Waals surface area contributed by atoms with E-state index in [0.717, 1.165) is 30.8 Å². The number of amides is 1. The highest BCUT2D eigenvalue weighted by Gasteiger charge is 2.47. The number of anilines is 1. The Morgan fingerprint density at radius 2 is 1.67 bits per heavy atom. The van der Waals surface area contributed by atoms with Crippen LogP contribution in [0, 0.1) is 11.3 Å². The number of hydrogen-bond donors (Lipinski definition) is 0. The van der Waals surface area contributed by atoms with Gasteiger partial charge in [0.2, 0.25) is 0 Å². The van der Waals surface area contributed by atoms with Crippen molar-refractivity contribution in [2.45, 2.75) is 24.9 Å². The average molecular weight is 493 g/mol. The summed E-state index contributed by atoms with van der Waals surface area (Å²) in [6, 6.07) is 30.0. The van der Waals surface area contributed by atoms with Gasteiger partial charge < -0.3 is 14.4 Å². The minimum atomic E-state index is -0.248. The van der Waals surface area contributed by atoms with Gasteiger partial charge in [-0.1, -0.05) is 41.9 Å². The van der Waals surface area contributed by atoms with E-state index in [1.54, 1.807) is 24.3 Å². The molecule has 2 aliphatic rings. The molecular formula is C30H25ClN4O. The number of fused-ring (bicyclic) bond motifs is 4. The first-order chi connectivity index (χ1) is 17.6. The highest BCUT2D eigenvalue weighted by Crippen LogP contribution is 2.49. The molecule has 5 nitrogen and oxygen atoms in total. The maximum atomic E-state index is 13.3. The van der Waals surface area contributed by atoms with E-state index >= 15 is 0 Å². The molecule has 1 spiro atoms. The number of nitrogens with zero attached hydrogens (tertiary/aromatic N) is 4. The predicted octanol–water partition coefficient (Wildman–Crippen LogP) is 6.15. The summed E-state index contributed by atoms with van der Waals surface area (Å²) in [5.41, 5.74) is 5.65. The van der Waals surface area contributed by atoms with Crippen LogP contribution < -0.4 is 4.90 Å². The van der Waals surface area contributed by atoms with Gasteiger partial charge in [-0.25, -0.2) is 0 Å². The zero-order chi connectivity index (χ0) is 24.7. The summed E-state index contributed by atoms with van der Waals surface area (Å²) in [5.74, 6) is 0.0160. The fourth-order valence-corrected chi connectivity index (χ4v) is 5.90. The van der Waals surface area contributed by atoms with Crippen LogP contribution in [-0.4, -0.2) is 28.5 Å². The molecule has 178 valence electrons. The van der Waals surface area contributed by atoms with Gasteiger partial charge in [0, 0.05) is 42.1 Å². The summed E-state index contributed by atoms with van der Waals surface area (Å²) in [5, 5.41) is 9.79. The van der Waals surface area contributed by atoms with E-state index < -0.39 is 0 Å². The van der Waals surface area contributed by atoms with E-state index in [1.165, 1.54) is 11.3 Å². The highest BCUT2D eigenvalue weighted by atomic mass is 35.5. The standard InChI is InChI=1S/C30H25ClN4O/c31-25-12-13-26-27(19-25)34-16-4-7-28(34)30(35(26)21-23-5-2-1-3-6-23)14-17-33(18-15-30)29(36)24-10-8-22(20-32)9-11-24/h1-13,16,19H,14-15,17-18,21H2. The van der Waals surface area contributed by atoms with Crippen molar-refractivity contribution in [1.82, 2.24) is 9.47 Å². The lowest BCUT2D eigenvalue weighted by atomic mass is 9.79. The quantitative estimate of drug-likeness (QED) is 0.344. The van der Waals surface area contributed by atoms with Crippen molar-refractivity contribution in [3.05, 3.63) is 119 Å². The van der Waals surface area contributed by atoms with Crippen LogP contribution in [0.1, 0.15) is 40.0 Å². The third-order valence-electron chi connectivity index (χ3n) is 7.55. The van der Waals surface area contributed by atoms with Gasteiger partial charge in [0.1, 0.15) is 0 Å². The molecule has 4 aromatic rings. The Hall–Kier alpha value is -4.01. The van der Waals surface area contributed by atoms with Crippen LogP contribution >= 0.6 is 11.6 Å². The van der Waals surface area contributed by atoms with Gasteiger partial charge in [-0.15, -0.1) is 0 Å². The summed E-state index contributed by atoms with van der Waals surface area (Å²) in [6.07, 6.45) is 3.74. The van der Waals surface area contributed by atoms with Crippen LogP contribution in [0.5, 0.6) is 0 Å². The topological polar surface area (TPSA) is 52.3 Å². The van der Waals surface area contributed by atoms with Crippen LogP contribution in [0.2, 0.25) is 5.02 Å². The Balaban J connectivity index is 1.36. The molecule has 0 atom stereocenters.